The number of hydrogen-bond acceptors (Lipinski definition) is 9. The minimum absolute atomic E-state index is 0.218. The van der Waals surface area contributed by atoms with Crippen molar-refractivity contribution in [2.24, 2.45) is 0 Å². The maximum Gasteiger partial charge on any atom is 0.408 e. The zero-order valence-electron chi connectivity index (χ0n) is 28.0. The highest BCUT2D eigenvalue weighted by Crippen LogP contribution is 2.50. The van der Waals surface area contributed by atoms with Crippen molar-refractivity contribution in [2.75, 3.05) is 21.3 Å². The maximum atomic E-state index is 14.3. The highest BCUT2D eigenvalue weighted by atomic mass is 16.6. The van der Waals surface area contributed by atoms with Gasteiger partial charge in [-0.05, 0) is 63.1 Å². The van der Waals surface area contributed by atoms with Gasteiger partial charge >= 0.3 is 6.09 Å². The third kappa shape index (κ3) is 6.70. The molecule has 12 nitrogen and oxygen atoms in total. The monoisotopic (exact) mass is 656 g/mol. The lowest BCUT2D eigenvalue weighted by atomic mass is 9.90. The molecule has 0 aromatic heterocycles. The molecule has 12 heteroatoms. The number of methoxy groups -OCH3 is 3. The molecule has 3 amide bonds. The number of nitrogens with zero attached hydrogens (tertiary/aromatic N) is 2. The first-order chi connectivity index (χ1) is 22.9. The van der Waals surface area contributed by atoms with Gasteiger partial charge in [0.2, 0.25) is 5.75 Å². The van der Waals surface area contributed by atoms with Gasteiger partial charge < -0.3 is 29.6 Å². The van der Waals surface area contributed by atoms with Crippen molar-refractivity contribution in [2.45, 2.75) is 57.5 Å². The SMILES string of the molecule is COc1cc([C@H]2C(C(=O)[C@H](C)NC(=O)OC(C)(C)C)=CN3C(=O)[C@H](NC(=O)c4ccccc4)[C@@H](c4ccccc4)N23)cc(OC)c1OC. The van der Waals surface area contributed by atoms with Crippen molar-refractivity contribution < 1.29 is 38.1 Å². The Morgan fingerprint density at radius 1 is 0.833 bits per heavy atom. The molecule has 0 saturated carbocycles. The zero-order valence-corrected chi connectivity index (χ0v) is 28.0. The molecule has 3 aromatic rings. The first-order valence-corrected chi connectivity index (χ1v) is 15.5. The summed E-state index contributed by atoms with van der Waals surface area (Å²) in [5.41, 5.74) is 1.11. The van der Waals surface area contributed by atoms with Gasteiger partial charge in [0.1, 0.15) is 11.6 Å². The molecule has 0 unspecified atom stereocenters. The highest BCUT2D eigenvalue weighted by molar-refractivity contribution is 6.04. The van der Waals surface area contributed by atoms with Gasteiger partial charge in [0.25, 0.3) is 11.8 Å². The summed E-state index contributed by atoms with van der Waals surface area (Å²) < 4.78 is 22.2. The number of carbonyl (C=O) groups is 4. The Hall–Kier alpha value is -5.36. The van der Waals surface area contributed by atoms with Gasteiger partial charge in [-0.2, -0.15) is 5.01 Å². The van der Waals surface area contributed by atoms with E-state index in [-0.39, 0.29) is 5.57 Å². The summed E-state index contributed by atoms with van der Waals surface area (Å²) >= 11 is 0. The molecule has 2 aliphatic rings. The Labute approximate surface area is 279 Å². The van der Waals surface area contributed by atoms with Crippen LogP contribution >= 0.6 is 0 Å². The molecule has 2 heterocycles. The third-order valence-corrected chi connectivity index (χ3v) is 8.04. The van der Waals surface area contributed by atoms with Crippen LogP contribution in [0.1, 0.15) is 61.3 Å². The Morgan fingerprint density at radius 3 is 1.96 bits per heavy atom. The van der Waals surface area contributed by atoms with Gasteiger partial charge in [-0.3, -0.25) is 14.4 Å². The van der Waals surface area contributed by atoms with E-state index in [2.05, 4.69) is 10.6 Å². The van der Waals surface area contributed by atoms with Crippen LogP contribution in [0.4, 0.5) is 4.79 Å². The number of hydrazine groups is 1. The van der Waals surface area contributed by atoms with Crippen molar-refractivity contribution in [1.29, 1.82) is 0 Å². The van der Waals surface area contributed by atoms with Crippen LogP contribution in [-0.4, -0.2) is 72.7 Å². The molecule has 3 aromatic carbocycles. The van der Waals surface area contributed by atoms with Crippen LogP contribution in [-0.2, 0) is 14.3 Å². The average Bonchev–Trinajstić information content (AvgIpc) is 3.57. The Balaban J connectivity index is 1.63. The van der Waals surface area contributed by atoms with E-state index < -0.39 is 53.5 Å². The number of fused-ring (bicyclic) bond motifs is 1. The molecular weight excluding hydrogens is 616 g/mol. The quantitative estimate of drug-likeness (QED) is 0.318. The number of Topliss-reactive ketones (excluding diaryl/α,β-unsaturated/α-hetero) is 1. The van der Waals surface area contributed by atoms with Crippen LogP contribution in [0.3, 0.4) is 0 Å². The molecule has 48 heavy (non-hydrogen) atoms. The molecule has 0 bridgehead atoms. The maximum absolute atomic E-state index is 14.3. The van der Waals surface area contributed by atoms with Crippen molar-refractivity contribution in [1.82, 2.24) is 20.7 Å². The summed E-state index contributed by atoms with van der Waals surface area (Å²) in [4.78, 5) is 54.6. The van der Waals surface area contributed by atoms with Crippen LogP contribution in [0.25, 0.3) is 0 Å². The summed E-state index contributed by atoms with van der Waals surface area (Å²) in [6.45, 7) is 6.73. The second kappa shape index (κ2) is 13.8. The number of amides is 3. The normalized spacial score (nSPS) is 19.6. The zero-order chi connectivity index (χ0) is 34.7. The van der Waals surface area contributed by atoms with E-state index in [1.807, 2.05) is 30.3 Å². The second-order valence-electron chi connectivity index (χ2n) is 12.4. The van der Waals surface area contributed by atoms with Gasteiger partial charge in [0.05, 0.1) is 39.5 Å². The lowest BCUT2D eigenvalue weighted by molar-refractivity contribution is -0.134. The number of benzene rings is 3. The van der Waals surface area contributed by atoms with Crippen LogP contribution in [0, 0.1) is 0 Å². The van der Waals surface area contributed by atoms with Gasteiger partial charge in [0.15, 0.2) is 17.3 Å². The summed E-state index contributed by atoms with van der Waals surface area (Å²) in [5.74, 6) is -0.280. The fourth-order valence-corrected chi connectivity index (χ4v) is 5.98. The Morgan fingerprint density at radius 2 is 1.42 bits per heavy atom. The Kier molecular flexibility index (Phi) is 9.76. The molecule has 0 spiro atoms. The van der Waals surface area contributed by atoms with Gasteiger partial charge in [-0.1, -0.05) is 48.5 Å². The van der Waals surface area contributed by atoms with Gasteiger partial charge in [-0.25, -0.2) is 9.80 Å². The molecule has 5 rings (SSSR count). The highest BCUT2D eigenvalue weighted by Gasteiger charge is 2.55. The minimum Gasteiger partial charge on any atom is -0.493 e. The third-order valence-electron chi connectivity index (χ3n) is 8.04. The lowest BCUT2D eigenvalue weighted by Crippen LogP contribution is -2.45. The van der Waals surface area contributed by atoms with E-state index in [0.29, 0.717) is 28.4 Å². The van der Waals surface area contributed by atoms with Crippen LogP contribution in [0.5, 0.6) is 17.2 Å². The van der Waals surface area contributed by atoms with Crippen molar-refractivity contribution in [3.05, 3.63) is 101 Å². The van der Waals surface area contributed by atoms with Crippen molar-refractivity contribution >= 4 is 23.7 Å². The van der Waals surface area contributed by atoms with E-state index in [1.54, 1.807) is 75.2 Å². The molecule has 252 valence electrons. The van der Waals surface area contributed by atoms with E-state index in [1.165, 1.54) is 32.5 Å². The number of rotatable bonds is 10. The number of ketones is 1. The van der Waals surface area contributed by atoms with E-state index >= 15 is 0 Å². The standard InChI is InChI=1S/C36H40N4O8/c1-21(37-35(44)48-36(2,3)4)31(41)25-20-39-34(43)28(38-33(42)23-16-12-9-13-17-23)30(22-14-10-8-11-15-22)40(39)29(25)24-18-26(45-5)32(47-7)27(19-24)46-6/h8-21,28-30H,1-7H3,(H,37,44)(H,38,42)/t21-,28+,29-,30+/m0/s1. The van der Waals surface area contributed by atoms with E-state index in [0.717, 1.165) is 5.56 Å². The predicted molar refractivity (Wildman–Crippen MR) is 176 cm³/mol. The summed E-state index contributed by atoms with van der Waals surface area (Å²) in [6, 6.07) is 17.7. The topological polar surface area (TPSA) is 136 Å². The molecule has 2 N–H and O–H groups in total. The van der Waals surface area contributed by atoms with E-state index in [4.69, 9.17) is 18.9 Å². The second-order valence-corrected chi connectivity index (χ2v) is 12.4. The molecule has 2 aliphatic heterocycles. The van der Waals surface area contributed by atoms with E-state index in [9.17, 15) is 19.2 Å². The number of ether oxygens (including phenoxy) is 4. The van der Waals surface area contributed by atoms with Crippen LogP contribution in [0.15, 0.2) is 84.6 Å². The fraction of sp³-hybridized carbons (Fsp3) is 0.333. The molecule has 1 fully saturated rings. The number of nitrogens with one attached hydrogen (secondary N) is 2. The minimum atomic E-state index is -1.02. The summed E-state index contributed by atoms with van der Waals surface area (Å²) in [6.07, 6.45) is 0.713. The van der Waals surface area contributed by atoms with Crippen molar-refractivity contribution in [3.8, 4) is 17.2 Å². The number of alkyl carbamates (subject to hydrolysis) is 1. The lowest BCUT2D eigenvalue weighted by Gasteiger charge is -2.34. The first kappa shape index (κ1) is 34.0. The molecule has 4 atom stereocenters. The average molecular weight is 657 g/mol. The van der Waals surface area contributed by atoms with Gasteiger partial charge in [-0.15, -0.1) is 0 Å². The number of hydrogen-bond donors (Lipinski definition) is 2. The fourth-order valence-electron chi connectivity index (χ4n) is 5.98. The smallest absolute Gasteiger partial charge is 0.408 e. The van der Waals surface area contributed by atoms with Crippen molar-refractivity contribution in [3.63, 3.8) is 0 Å². The summed E-state index contributed by atoms with van der Waals surface area (Å²) in [5, 5.41) is 8.70. The molecule has 0 radical (unpaired) electrons. The van der Waals surface area contributed by atoms with Gasteiger partial charge in [0, 0.05) is 17.3 Å². The number of carbonyl (C=O) groups excluding carboxylic acids is 4. The Bertz CT molecular complexity index is 1700. The first-order valence-electron chi connectivity index (χ1n) is 15.5. The van der Waals surface area contributed by atoms with Crippen LogP contribution in [0.2, 0.25) is 0 Å². The molecule has 1 saturated heterocycles. The summed E-state index contributed by atoms with van der Waals surface area (Å²) in [7, 11) is 4.46. The molecule has 0 aliphatic carbocycles. The predicted octanol–water partition coefficient (Wildman–Crippen LogP) is 4.73. The largest absolute Gasteiger partial charge is 0.493 e. The molecular formula is C36H40N4O8. The van der Waals surface area contributed by atoms with Crippen LogP contribution < -0.4 is 24.8 Å².